The lowest BCUT2D eigenvalue weighted by Crippen LogP contribution is -2.58. The number of aliphatic hydroxyl groups excluding tert-OH is 2. The summed E-state index contributed by atoms with van der Waals surface area (Å²) in [6.45, 7) is 5.85. The highest BCUT2D eigenvalue weighted by atomic mass is 16.4. The normalized spacial score (nSPS) is 15.3. The van der Waals surface area contributed by atoms with Gasteiger partial charge in [-0.15, -0.1) is 0 Å². The van der Waals surface area contributed by atoms with Crippen LogP contribution in [0.4, 0.5) is 0 Å². The highest BCUT2D eigenvalue weighted by molar-refractivity contribution is 5.94. The monoisotopic (exact) mass is 418 g/mol. The van der Waals surface area contributed by atoms with E-state index in [4.69, 9.17) is 15.9 Å². The van der Waals surface area contributed by atoms with Crippen molar-refractivity contribution < 1.29 is 34.5 Å². The van der Waals surface area contributed by atoms with Crippen LogP contribution in [-0.4, -0.2) is 76.4 Å². The third kappa shape index (κ3) is 10.2. The van der Waals surface area contributed by atoms with Crippen molar-refractivity contribution in [3.63, 3.8) is 0 Å². The fourth-order valence-electron chi connectivity index (χ4n) is 2.52. The van der Waals surface area contributed by atoms with Gasteiger partial charge < -0.3 is 37.0 Å². The van der Waals surface area contributed by atoms with Crippen molar-refractivity contribution in [2.24, 2.45) is 17.6 Å². The van der Waals surface area contributed by atoms with Gasteiger partial charge in [-0.2, -0.15) is 0 Å². The van der Waals surface area contributed by atoms with Crippen molar-refractivity contribution in [3.05, 3.63) is 0 Å². The summed E-state index contributed by atoms with van der Waals surface area (Å²) in [6, 6.07) is -4.81. The Bertz CT molecular complexity index is 568. The maximum absolute atomic E-state index is 12.6. The molecule has 0 spiro atoms. The van der Waals surface area contributed by atoms with Crippen LogP contribution in [0.1, 0.15) is 40.5 Å². The Morgan fingerprint density at radius 1 is 0.724 bits per heavy atom. The van der Waals surface area contributed by atoms with E-state index in [9.17, 15) is 24.3 Å². The molecule has 0 aliphatic rings. The predicted octanol–water partition coefficient (Wildman–Crippen LogP) is -2.07. The Labute approximate surface area is 170 Å². The van der Waals surface area contributed by atoms with E-state index in [1.54, 1.807) is 0 Å². The minimum atomic E-state index is -1.58. The number of aliphatic hydroxyl groups is 2. The standard InChI is InChI=1S/C18H34N4O7/c1-9(2)5-11(19)15(25)20-12(6-10(3)4)16(26)21-13(7-23)17(27)22-14(8-24)18(28)29/h9-14,23-24H,5-8,19H2,1-4H3,(H,20,25)(H,21,26)(H,22,27)(H,28,29). The van der Waals surface area contributed by atoms with E-state index < -0.39 is 61.1 Å². The zero-order chi connectivity index (χ0) is 22.7. The van der Waals surface area contributed by atoms with Gasteiger partial charge in [-0.25, -0.2) is 4.79 Å². The molecular formula is C18H34N4O7. The first-order chi connectivity index (χ1) is 13.4. The molecule has 0 fully saturated rings. The van der Waals surface area contributed by atoms with Crippen molar-refractivity contribution in [1.29, 1.82) is 0 Å². The topological polar surface area (TPSA) is 191 Å². The Kier molecular flexibility index (Phi) is 12.1. The van der Waals surface area contributed by atoms with Gasteiger partial charge in [0.05, 0.1) is 19.3 Å². The van der Waals surface area contributed by atoms with Crippen LogP contribution < -0.4 is 21.7 Å². The van der Waals surface area contributed by atoms with Gasteiger partial charge in [0.25, 0.3) is 0 Å². The average Bonchev–Trinajstić information content (AvgIpc) is 2.61. The molecule has 0 aromatic rings. The minimum absolute atomic E-state index is 0.0274. The lowest BCUT2D eigenvalue weighted by molar-refractivity contribution is -0.143. The van der Waals surface area contributed by atoms with Crippen molar-refractivity contribution in [3.8, 4) is 0 Å². The third-order valence-corrected chi connectivity index (χ3v) is 4.01. The number of carboxylic acid groups (broad SMARTS) is 1. The van der Waals surface area contributed by atoms with Crippen LogP contribution in [0.2, 0.25) is 0 Å². The Morgan fingerprint density at radius 2 is 1.14 bits per heavy atom. The van der Waals surface area contributed by atoms with Crippen LogP contribution in [0.5, 0.6) is 0 Å². The Balaban J connectivity index is 5.15. The second kappa shape index (κ2) is 13.1. The molecule has 0 radical (unpaired) electrons. The van der Waals surface area contributed by atoms with Crippen molar-refractivity contribution in [2.75, 3.05) is 13.2 Å². The smallest absolute Gasteiger partial charge is 0.328 e. The number of hydrogen-bond acceptors (Lipinski definition) is 7. The lowest BCUT2D eigenvalue weighted by Gasteiger charge is -2.25. The second-order valence-corrected chi connectivity index (χ2v) is 7.75. The number of hydrogen-bond donors (Lipinski definition) is 7. The van der Waals surface area contributed by atoms with Gasteiger partial charge in [-0.3, -0.25) is 14.4 Å². The molecule has 0 bridgehead atoms. The molecule has 0 saturated carbocycles. The highest BCUT2D eigenvalue weighted by Gasteiger charge is 2.30. The van der Waals surface area contributed by atoms with Crippen LogP contribution in [0, 0.1) is 11.8 Å². The molecule has 11 heteroatoms. The summed E-state index contributed by atoms with van der Waals surface area (Å²) in [4.78, 5) is 47.9. The zero-order valence-corrected chi connectivity index (χ0v) is 17.3. The fourth-order valence-corrected chi connectivity index (χ4v) is 2.52. The lowest BCUT2D eigenvalue weighted by atomic mass is 10.0. The van der Waals surface area contributed by atoms with Crippen molar-refractivity contribution >= 4 is 23.7 Å². The number of carboxylic acids is 1. The zero-order valence-electron chi connectivity index (χ0n) is 17.3. The van der Waals surface area contributed by atoms with Crippen molar-refractivity contribution in [1.82, 2.24) is 16.0 Å². The van der Waals surface area contributed by atoms with E-state index in [0.29, 0.717) is 6.42 Å². The van der Waals surface area contributed by atoms with Crippen LogP contribution >= 0.6 is 0 Å². The molecular weight excluding hydrogens is 384 g/mol. The molecule has 0 aliphatic heterocycles. The first-order valence-electron chi connectivity index (χ1n) is 9.54. The highest BCUT2D eigenvalue weighted by Crippen LogP contribution is 2.08. The molecule has 4 atom stereocenters. The van der Waals surface area contributed by atoms with Crippen LogP contribution in [0.25, 0.3) is 0 Å². The molecule has 0 rings (SSSR count). The molecule has 29 heavy (non-hydrogen) atoms. The molecule has 168 valence electrons. The first kappa shape index (κ1) is 26.8. The van der Waals surface area contributed by atoms with Gasteiger partial charge in [-0.1, -0.05) is 27.7 Å². The molecule has 4 unspecified atom stereocenters. The molecule has 0 aromatic carbocycles. The minimum Gasteiger partial charge on any atom is -0.480 e. The van der Waals surface area contributed by atoms with Gasteiger partial charge in [-0.05, 0) is 24.7 Å². The van der Waals surface area contributed by atoms with Crippen LogP contribution in [0.15, 0.2) is 0 Å². The average molecular weight is 418 g/mol. The molecule has 0 aromatic heterocycles. The molecule has 11 nitrogen and oxygen atoms in total. The molecule has 0 saturated heterocycles. The summed E-state index contributed by atoms with van der Waals surface area (Å²) in [7, 11) is 0. The Morgan fingerprint density at radius 3 is 1.55 bits per heavy atom. The number of rotatable bonds is 13. The van der Waals surface area contributed by atoms with E-state index in [0.717, 1.165) is 0 Å². The number of carbonyl (C=O) groups is 4. The summed E-state index contributed by atoms with van der Waals surface area (Å²) in [5.41, 5.74) is 5.84. The quantitative estimate of drug-likeness (QED) is 0.177. The van der Waals surface area contributed by atoms with E-state index >= 15 is 0 Å². The molecule has 3 amide bonds. The predicted molar refractivity (Wildman–Crippen MR) is 104 cm³/mol. The van der Waals surface area contributed by atoms with Crippen LogP contribution in [0.3, 0.4) is 0 Å². The summed E-state index contributed by atoms with van der Waals surface area (Å²) < 4.78 is 0. The second-order valence-electron chi connectivity index (χ2n) is 7.75. The number of amides is 3. The van der Waals surface area contributed by atoms with Gasteiger partial charge in [0, 0.05) is 0 Å². The van der Waals surface area contributed by atoms with Gasteiger partial charge in [0.1, 0.15) is 18.1 Å². The van der Waals surface area contributed by atoms with E-state index in [1.807, 2.05) is 33.0 Å². The number of carbonyl (C=O) groups excluding carboxylic acids is 3. The number of nitrogens with two attached hydrogens (primary N) is 1. The maximum atomic E-state index is 12.6. The van der Waals surface area contributed by atoms with Crippen molar-refractivity contribution in [2.45, 2.75) is 64.7 Å². The number of aliphatic carboxylic acids is 1. The van der Waals surface area contributed by atoms with Gasteiger partial charge in [0.2, 0.25) is 17.7 Å². The molecule has 0 aliphatic carbocycles. The van der Waals surface area contributed by atoms with Gasteiger partial charge in [0.15, 0.2) is 0 Å². The molecule has 0 heterocycles. The van der Waals surface area contributed by atoms with Gasteiger partial charge >= 0.3 is 5.97 Å². The SMILES string of the molecule is CC(C)CC(N)C(=O)NC(CC(C)C)C(=O)NC(CO)C(=O)NC(CO)C(=O)O. The van der Waals surface area contributed by atoms with Crippen LogP contribution in [-0.2, 0) is 19.2 Å². The summed E-state index contributed by atoms with van der Waals surface area (Å²) in [6.07, 6.45) is 0.696. The summed E-state index contributed by atoms with van der Waals surface area (Å²) in [5, 5.41) is 34.1. The van der Waals surface area contributed by atoms with E-state index in [-0.39, 0.29) is 18.3 Å². The fraction of sp³-hybridized carbons (Fsp3) is 0.778. The van der Waals surface area contributed by atoms with E-state index in [2.05, 4.69) is 10.6 Å². The maximum Gasteiger partial charge on any atom is 0.328 e. The van der Waals surface area contributed by atoms with E-state index in [1.165, 1.54) is 0 Å². The largest absolute Gasteiger partial charge is 0.480 e. The Hall–Kier alpha value is -2.24. The first-order valence-corrected chi connectivity index (χ1v) is 9.54. The summed E-state index contributed by atoms with van der Waals surface area (Å²) in [5.74, 6) is -3.45. The molecule has 8 N–H and O–H groups in total. The number of nitrogens with one attached hydrogen (secondary N) is 3. The summed E-state index contributed by atoms with van der Waals surface area (Å²) >= 11 is 0. The third-order valence-electron chi connectivity index (χ3n) is 4.01.